The number of benzene rings is 1. The molecule has 0 aliphatic heterocycles. The van der Waals surface area contributed by atoms with Crippen LogP contribution in [0.15, 0.2) is 35.2 Å². The predicted octanol–water partition coefficient (Wildman–Crippen LogP) is 2.87. The average molecular weight is 337 g/mol. The minimum absolute atomic E-state index is 0.00385. The summed E-state index contributed by atoms with van der Waals surface area (Å²) in [6.07, 6.45) is 7.75. The molecule has 126 valence electrons. The molecule has 1 aromatic carbocycles. The molecule has 1 aliphatic rings. The summed E-state index contributed by atoms with van der Waals surface area (Å²) in [5.74, 6) is -0.486. The van der Waals surface area contributed by atoms with Crippen molar-refractivity contribution in [1.29, 1.82) is 0 Å². The molecule has 0 spiro atoms. The van der Waals surface area contributed by atoms with Gasteiger partial charge in [0.15, 0.2) is 0 Å². The lowest BCUT2D eigenvalue weighted by atomic mass is 9.96. The van der Waals surface area contributed by atoms with E-state index in [4.69, 9.17) is 4.74 Å². The van der Waals surface area contributed by atoms with Gasteiger partial charge < -0.3 is 4.74 Å². The highest BCUT2D eigenvalue weighted by atomic mass is 32.2. The summed E-state index contributed by atoms with van der Waals surface area (Å²) in [5.41, 5.74) is 0.476. The molecular weight excluding hydrogens is 314 g/mol. The number of esters is 1. The Morgan fingerprint density at radius 2 is 1.96 bits per heavy atom. The molecule has 0 heterocycles. The summed E-state index contributed by atoms with van der Waals surface area (Å²) in [4.78, 5) is 11.6. The van der Waals surface area contributed by atoms with Gasteiger partial charge in [-0.1, -0.05) is 37.5 Å². The monoisotopic (exact) mass is 337 g/mol. The van der Waals surface area contributed by atoms with Crippen LogP contribution in [-0.2, 0) is 19.6 Å². The first-order valence-corrected chi connectivity index (χ1v) is 9.47. The van der Waals surface area contributed by atoms with E-state index >= 15 is 0 Å². The van der Waals surface area contributed by atoms with Crippen LogP contribution in [0.2, 0.25) is 0 Å². The number of ether oxygens (including phenoxy) is 1. The van der Waals surface area contributed by atoms with Crippen LogP contribution in [0.4, 0.5) is 0 Å². The van der Waals surface area contributed by atoms with E-state index in [1.807, 2.05) is 0 Å². The van der Waals surface area contributed by atoms with E-state index in [1.165, 1.54) is 12.2 Å². The second kappa shape index (κ2) is 8.26. The second-order valence-corrected chi connectivity index (χ2v) is 7.26. The van der Waals surface area contributed by atoms with Crippen molar-refractivity contribution >= 4 is 22.1 Å². The van der Waals surface area contributed by atoms with E-state index in [0.29, 0.717) is 5.56 Å². The second-order valence-electron chi connectivity index (χ2n) is 5.58. The Kier molecular flexibility index (Phi) is 6.36. The molecule has 0 bridgehead atoms. The zero-order valence-corrected chi connectivity index (χ0v) is 14.1. The molecule has 1 fully saturated rings. The quantitative estimate of drug-likeness (QED) is 0.640. The smallest absolute Gasteiger partial charge is 0.330 e. The lowest BCUT2D eigenvalue weighted by Crippen LogP contribution is -2.36. The molecule has 2 rings (SSSR count). The molecule has 23 heavy (non-hydrogen) atoms. The van der Waals surface area contributed by atoms with Gasteiger partial charge in [0.05, 0.1) is 11.5 Å². The summed E-state index contributed by atoms with van der Waals surface area (Å²) in [6, 6.07) is 6.64. The summed E-state index contributed by atoms with van der Waals surface area (Å²) >= 11 is 0. The standard InChI is InChI=1S/C17H23NO4S/c1-2-22-17(19)13-12-14-8-6-7-11-16(14)23(20,21)18-15-9-4-3-5-10-15/h6-8,11-13,15,18H,2-5,9-10H2,1H3/b13-12+. The first-order chi connectivity index (χ1) is 11.0. The first kappa shape index (κ1) is 17.7. The minimum atomic E-state index is -3.60. The van der Waals surface area contributed by atoms with E-state index < -0.39 is 16.0 Å². The highest BCUT2D eigenvalue weighted by Crippen LogP contribution is 2.22. The highest BCUT2D eigenvalue weighted by molar-refractivity contribution is 7.89. The van der Waals surface area contributed by atoms with Crippen molar-refractivity contribution < 1.29 is 17.9 Å². The fourth-order valence-electron chi connectivity index (χ4n) is 2.71. The Balaban J connectivity index is 2.19. The number of sulfonamides is 1. The third-order valence-corrected chi connectivity index (χ3v) is 5.42. The normalized spacial score (nSPS) is 16.6. The number of hydrogen-bond acceptors (Lipinski definition) is 4. The van der Waals surface area contributed by atoms with Gasteiger partial charge in [0.25, 0.3) is 0 Å². The van der Waals surface area contributed by atoms with Crippen molar-refractivity contribution in [2.75, 3.05) is 6.61 Å². The molecule has 0 saturated heterocycles. The van der Waals surface area contributed by atoms with Crippen molar-refractivity contribution in [2.45, 2.75) is 50.0 Å². The number of nitrogens with one attached hydrogen (secondary N) is 1. The number of hydrogen-bond donors (Lipinski definition) is 1. The van der Waals surface area contributed by atoms with Crippen molar-refractivity contribution in [3.63, 3.8) is 0 Å². The van der Waals surface area contributed by atoms with E-state index in [9.17, 15) is 13.2 Å². The largest absolute Gasteiger partial charge is 0.463 e. The molecule has 0 amide bonds. The Morgan fingerprint density at radius 1 is 1.26 bits per heavy atom. The third-order valence-electron chi connectivity index (χ3n) is 3.82. The Bertz CT molecular complexity index is 661. The summed E-state index contributed by atoms with van der Waals surface area (Å²) < 4.78 is 32.9. The van der Waals surface area contributed by atoms with Gasteiger partial charge >= 0.3 is 5.97 Å². The molecule has 5 nitrogen and oxygen atoms in total. The van der Waals surface area contributed by atoms with Crippen molar-refractivity contribution in [2.24, 2.45) is 0 Å². The van der Waals surface area contributed by atoms with Gasteiger partial charge in [-0.2, -0.15) is 0 Å². The van der Waals surface area contributed by atoms with E-state index in [1.54, 1.807) is 31.2 Å². The van der Waals surface area contributed by atoms with Gasteiger partial charge in [-0.3, -0.25) is 0 Å². The van der Waals surface area contributed by atoms with Crippen LogP contribution in [0.25, 0.3) is 6.08 Å². The fraction of sp³-hybridized carbons (Fsp3) is 0.471. The van der Waals surface area contributed by atoms with Crippen molar-refractivity contribution in [1.82, 2.24) is 4.72 Å². The van der Waals surface area contributed by atoms with Crippen LogP contribution in [0.1, 0.15) is 44.6 Å². The van der Waals surface area contributed by atoms with Crippen molar-refractivity contribution in [3.05, 3.63) is 35.9 Å². The molecule has 0 radical (unpaired) electrons. The molecule has 0 unspecified atom stereocenters. The summed E-state index contributed by atoms with van der Waals surface area (Å²) in [7, 11) is -3.60. The highest BCUT2D eigenvalue weighted by Gasteiger charge is 2.23. The number of rotatable bonds is 6. The molecule has 0 atom stereocenters. The Labute approximate surface area is 137 Å². The molecular formula is C17H23NO4S. The molecule has 1 aromatic rings. The fourth-order valence-corrected chi connectivity index (χ4v) is 4.22. The third kappa shape index (κ3) is 5.18. The zero-order valence-electron chi connectivity index (χ0n) is 13.3. The van der Waals surface area contributed by atoms with Crippen LogP contribution >= 0.6 is 0 Å². The number of carbonyl (C=O) groups is 1. The molecule has 1 aliphatic carbocycles. The van der Waals surface area contributed by atoms with E-state index in [2.05, 4.69) is 4.72 Å². The number of carbonyl (C=O) groups excluding carboxylic acids is 1. The van der Waals surface area contributed by atoms with Gasteiger partial charge in [0.2, 0.25) is 10.0 Å². The lowest BCUT2D eigenvalue weighted by Gasteiger charge is -2.23. The lowest BCUT2D eigenvalue weighted by molar-refractivity contribution is -0.137. The maximum atomic E-state index is 12.6. The van der Waals surface area contributed by atoms with Crippen LogP contribution in [0.3, 0.4) is 0 Å². The van der Waals surface area contributed by atoms with Crippen LogP contribution in [-0.4, -0.2) is 27.0 Å². The van der Waals surface area contributed by atoms with Gasteiger partial charge in [-0.25, -0.2) is 17.9 Å². The maximum Gasteiger partial charge on any atom is 0.330 e. The molecule has 0 aromatic heterocycles. The van der Waals surface area contributed by atoms with Gasteiger partial charge in [-0.05, 0) is 37.5 Å². The van der Waals surface area contributed by atoms with Crippen LogP contribution in [0.5, 0.6) is 0 Å². The predicted molar refractivity (Wildman–Crippen MR) is 89.3 cm³/mol. The minimum Gasteiger partial charge on any atom is -0.463 e. The van der Waals surface area contributed by atoms with Crippen molar-refractivity contribution in [3.8, 4) is 0 Å². The van der Waals surface area contributed by atoms with Gasteiger partial charge in [-0.15, -0.1) is 0 Å². The Morgan fingerprint density at radius 3 is 2.65 bits per heavy atom. The average Bonchev–Trinajstić information content (AvgIpc) is 2.54. The molecule has 1 N–H and O–H groups in total. The Hall–Kier alpha value is -1.66. The zero-order chi connectivity index (χ0) is 16.7. The first-order valence-electron chi connectivity index (χ1n) is 7.99. The van der Waals surface area contributed by atoms with E-state index in [-0.39, 0.29) is 17.5 Å². The molecule has 1 saturated carbocycles. The SMILES string of the molecule is CCOC(=O)/C=C/c1ccccc1S(=O)(=O)NC1CCCCC1. The van der Waals surface area contributed by atoms with Gasteiger partial charge in [0, 0.05) is 12.1 Å². The molecule has 6 heteroatoms. The van der Waals surface area contributed by atoms with E-state index in [0.717, 1.165) is 32.1 Å². The maximum absolute atomic E-state index is 12.6. The van der Waals surface area contributed by atoms with Crippen LogP contribution in [0, 0.1) is 0 Å². The van der Waals surface area contributed by atoms with Gasteiger partial charge in [0.1, 0.15) is 0 Å². The summed E-state index contributed by atoms with van der Waals surface area (Å²) in [5, 5.41) is 0. The van der Waals surface area contributed by atoms with Crippen LogP contribution < -0.4 is 4.72 Å². The summed E-state index contributed by atoms with van der Waals surface area (Å²) in [6.45, 7) is 2.00. The topological polar surface area (TPSA) is 72.5 Å².